The Bertz CT molecular complexity index is 184. The molecule has 0 N–H and O–H groups in total. The first-order chi connectivity index (χ1) is 5.95. The van der Waals surface area contributed by atoms with Crippen LogP contribution < -0.4 is 0 Å². The zero-order valence-corrected chi connectivity index (χ0v) is 6.25. The molecule has 0 aromatic heterocycles. The third-order valence-corrected chi connectivity index (χ3v) is 1.38. The summed E-state index contributed by atoms with van der Waals surface area (Å²) in [7, 11) is 0. The van der Waals surface area contributed by atoms with E-state index in [0.717, 1.165) is 0 Å². The molecule has 0 bridgehead atoms. The number of nitrogens with zero attached hydrogens (tertiary/aromatic N) is 2. The van der Waals surface area contributed by atoms with Crippen LogP contribution >= 0.6 is 0 Å². The molecule has 66 valence electrons. The molecule has 0 spiro atoms. The van der Waals surface area contributed by atoms with Crippen molar-refractivity contribution >= 4 is 0 Å². The number of hydrogen-bond donors (Lipinski definition) is 0. The fraction of sp³-hybridized carbons (Fsp3) is 0.333. The van der Waals surface area contributed by atoms with Gasteiger partial charge in [0, 0.05) is 0 Å². The summed E-state index contributed by atoms with van der Waals surface area (Å²) in [6.07, 6.45) is 6.27. The molecule has 2 aliphatic heterocycles. The maximum atomic E-state index is 4.69. The molecule has 0 amide bonds. The van der Waals surface area contributed by atoms with E-state index in [9.17, 15) is 0 Å². The van der Waals surface area contributed by atoms with Gasteiger partial charge in [0.25, 0.3) is 0 Å². The second-order valence-electron chi connectivity index (χ2n) is 2.19. The van der Waals surface area contributed by atoms with Gasteiger partial charge in [-0.05, 0) is 0 Å². The highest BCUT2D eigenvalue weighted by Gasteiger charge is 2.11. The van der Waals surface area contributed by atoms with Gasteiger partial charge in [-0.2, -0.15) is 0 Å². The summed E-state index contributed by atoms with van der Waals surface area (Å²) >= 11 is 0. The van der Waals surface area contributed by atoms with Crippen molar-refractivity contribution in [1.82, 2.24) is 10.1 Å². The Morgan fingerprint density at radius 1 is 0.833 bits per heavy atom. The van der Waals surface area contributed by atoms with Gasteiger partial charge < -0.3 is 9.78 Å². The zero-order valence-electron chi connectivity index (χ0n) is 6.25. The van der Waals surface area contributed by atoms with Crippen LogP contribution in [0, 0.1) is 0 Å². The van der Waals surface area contributed by atoms with E-state index in [4.69, 9.17) is 0 Å². The molecule has 2 rings (SSSR count). The number of rotatable bonds is 3. The maximum absolute atomic E-state index is 4.69. The van der Waals surface area contributed by atoms with Crippen LogP contribution in [0.1, 0.15) is 0 Å². The fourth-order valence-corrected chi connectivity index (χ4v) is 0.816. The van der Waals surface area contributed by atoms with E-state index < -0.39 is 0 Å². The van der Waals surface area contributed by atoms with Crippen molar-refractivity contribution in [2.24, 2.45) is 0 Å². The van der Waals surface area contributed by atoms with Crippen LogP contribution in [0.4, 0.5) is 0 Å². The van der Waals surface area contributed by atoms with Crippen molar-refractivity contribution in [1.29, 1.82) is 0 Å². The highest BCUT2D eigenvalue weighted by Crippen LogP contribution is 2.06. The van der Waals surface area contributed by atoms with Crippen LogP contribution in [-0.4, -0.2) is 23.2 Å². The Labute approximate surface area is 68.9 Å². The van der Waals surface area contributed by atoms with Crippen LogP contribution in [0.5, 0.6) is 0 Å². The monoisotopic (exact) mass is 172 g/mol. The van der Waals surface area contributed by atoms with Gasteiger partial charge in [-0.15, -0.1) is 0 Å². The SMILES string of the molecule is C1=CN(CCN2C=COO2)OO1. The lowest BCUT2D eigenvalue weighted by atomic mass is 10.6. The number of hydroxylamine groups is 4. The molecular formula is C6H8N2O4. The van der Waals surface area contributed by atoms with Crippen molar-refractivity contribution in [3.63, 3.8) is 0 Å². The first kappa shape index (κ1) is 7.26. The van der Waals surface area contributed by atoms with Gasteiger partial charge in [0.2, 0.25) is 0 Å². The zero-order chi connectivity index (χ0) is 8.23. The van der Waals surface area contributed by atoms with E-state index in [0.29, 0.717) is 13.1 Å². The van der Waals surface area contributed by atoms with E-state index >= 15 is 0 Å². The van der Waals surface area contributed by atoms with Gasteiger partial charge in [-0.1, -0.05) is 9.98 Å². The molecule has 0 fully saturated rings. The van der Waals surface area contributed by atoms with Crippen LogP contribution in [-0.2, 0) is 19.8 Å². The van der Waals surface area contributed by atoms with E-state index in [1.807, 2.05) is 0 Å². The van der Waals surface area contributed by atoms with Gasteiger partial charge in [0.05, 0.1) is 25.5 Å². The molecule has 6 heteroatoms. The van der Waals surface area contributed by atoms with Crippen LogP contribution in [0.15, 0.2) is 24.9 Å². The molecule has 0 saturated carbocycles. The van der Waals surface area contributed by atoms with Gasteiger partial charge in [-0.25, -0.2) is 10.1 Å². The van der Waals surface area contributed by atoms with Crippen molar-refractivity contribution in [2.45, 2.75) is 0 Å². The standard InChI is InChI=1S/C6H8N2O4/c1(7-3-5-9-11-7)2-8-4-6-10-12-8/h3-6H,1-2H2. The largest absolute Gasteiger partial charge is 0.321 e. The van der Waals surface area contributed by atoms with Crippen LogP contribution in [0.3, 0.4) is 0 Å². The van der Waals surface area contributed by atoms with Gasteiger partial charge >= 0.3 is 0 Å². The van der Waals surface area contributed by atoms with Crippen molar-refractivity contribution in [2.75, 3.05) is 13.1 Å². The topological polar surface area (TPSA) is 43.4 Å². The predicted molar refractivity (Wildman–Crippen MR) is 36.0 cm³/mol. The molecule has 0 unspecified atom stereocenters. The van der Waals surface area contributed by atoms with Gasteiger partial charge in [0.1, 0.15) is 0 Å². The van der Waals surface area contributed by atoms with E-state index in [1.54, 1.807) is 12.4 Å². The quantitative estimate of drug-likeness (QED) is 0.570. The minimum absolute atomic E-state index is 0.629. The van der Waals surface area contributed by atoms with E-state index in [-0.39, 0.29) is 0 Å². The molecule has 2 heterocycles. The lowest BCUT2D eigenvalue weighted by molar-refractivity contribution is -0.375. The van der Waals surface area contributed by atoms with Gasteiger partial charge in [0.15, 0.2) is 12.5 Å². The second-order valence-corrected chi connectivity index (χ2v) is 2.19. The molecule has 0 aliphatic carbocycles. The van der Waals surface area contributed by atoms with Crippen LogP contribution in [0.25, 0.3) is 0 Å². The Hall–Kier alpha value is -1.40. The first-order valence-electron chi connectivity index (χ1n) is 3.49. The van der Waals surface area contributed by atoms with E-state index in [1.165, 1.54) is 22.7 Å². The molecule has 0 saturated heterocycles. The lowest BCUT2D eigenvalue weighted by Gasteiger charge is -2.14. The molecule has 0 radical (unpaired) electrons. The third-order valence-electron chi connectivity index (χ3n) is 1.38. The summed E-state index contributed by atoms with van der Waals surface area (Å²) in [5.74, 6) is 0. The molecule has 0 aromatic carbocycles. The highest BCUT2D eigenvalue weighted by atomic mass is 17.3. The predicted octanol–water partition coefficient (Wildman–Crippen LogP) is 0.286. The Balaban J connectivity index is 1.67. The molecule has 6 nitrogen and oxygen atoms in total. The maximum Gasteiger partial charge on any atom is 0.150 e. The fourth-order valence-electron chi connectivity index (χ4n) is 0.816. The Morgan fingerprint density at radius 2 is 1.33 bits per heavy atom. The number of hydrogen-bond acceptors (Lipinski definition) is 6. The highest BCUT2D eigenvalue weighted by molar-refractivity contribution is 4.75. The molecule has 12 heavy (non-hydrogen) atoms. The Morgan fingerprint density at radius 3 is 1.67 bits per heavy atom. The minimum atomic E-state index is 0.629. The van der Waals surface area contributed by atoms with Crippen LogP contribution in [0.2, 0.25) is 0 Å². The summed E-state index contributed by atoms with van der Waals surface area (Å²) in [6.45, 7) is 1.26. The molecule has 2 aliphatic rings. The van der Waals surface area contributed by atoms with Crippen molar-refractivity contribution in [3.05, 3.63) is 24.9 Å². The Kier molecular flexibility index (Phi) is 2.02. The molecular weight excluding hydrogens is 164 g/mol. The second kappa shape index (κ2) is 3.33. The average Bonchev–Trinajstić information content (AvgIpc) is 2.74. The van der Waals surface area contributed by atoms with E-state index in [2.05, 4.69) is 19.8 Å². The minimum Gasteiger partial charge on any atom is -0.321 e. The summed E-state index contributed by atoms with van der Waals surface area (Å²) in [4.78, 5) is 18.4. The van der Waals surface area contributed by atoms with Crippen molar-refractivity contribution < 1.29 is 19.8 Å². The summed E-state index contributed by atoms with van der Waals surface area (Å²) < 4.78 is 0. The van der Waals surface area contributed by atoms with Crippen molar-refractivity contribution in [3.8, 4) is 0 Å². The normalized spacial score (nSPS) is 20.0. The third kappa shape index (κ3) is 1.60. The molecule has 0 atom stereocenters. The molecule has 0 aromatic rings. The summed E-state index contributed by atoms with van der Waals surface area (Å²) in [6, 6.07) is 0. The lowest BCUT2D eigenvalue weighted by Crippen LogP contribution is -2.26. The van der Waals surface area contributed by atoms with Gasteiger partial charge in [-0.3, -0.25) is 0 Å². The summed E-state index contributed by atoms with van der Waals surface area (Å²) in [5.41, 5.74) is 0. The smallest absolute Gasteiger partial charge is 0.150 e. The first-order valence-corrected chi connectivity index (χ1v) is 3.49. The summed E-state index contributed by atoms with van der Waals surface area (Å²) in [5, 5.41) is 3.07. The average molecular weight is 172 g/mol.